The van der Waals surface area contributed by atoms with E-state index in [2.05, 4.69) is 15.1 Å². The Labute approximate surface area is 139 Å². The second-order valence-electron chi connectivity index (χ2n) is 5.24. The summed E-state index contributed by atoms with van der Waals surface area (Å²) in [5, 5.41) is 6.89. The van der Waals surface area contributed by atoms with E-state index in [0.29, 0.717) is 11.4 Å². The van der Waals surface area contributed by atoms with E-state index in [9.17, 15) is 13.2 Å². The molecule has 0 saturated carbocycles. The molecular formula is C16H16N4O3S. The van der Waals surface area contributed by atoms with Crippen molar-refractivity contribution in [3.05, 3.63) is 60.4 Å². The fourth-order valence-electron chi connectivity index (χ4n) is 2.25. The zero-order valence-corrected chi connectivity index (χ0v) is 13.7. The first-order chi connectivity index (χ1) is 11.4. The lowest BCUT2D eigenvalue weighted by Crippen LogP contribution is -2.23. The van der Waals surface area contributed by atoms with E-state index in [4.69, 9.17) is 0 Å². The maximum atomic E-state index is 12.3. The minimum atomic E-state index is -3.65. The van der Waals surface area contributed by atoms with Crippen molar-refractivity contribution in [1.82, 2.24) is 14.3 Å². The van der Waals surface area contributed by atoms with Crippen LogP contribution in [-0.4, -0.2) is 23.9 Å². The quantitative estimate of drug-likeness (QED) is 0.738. The Kier molecular flexibility index (Phi) is 4.32. The van der Waals surface area contributed by atoms with Crippen molar-refractivity contribution in [2.24, 2.45) is 0 Å². The molecule has 0 unspecified atom stereocenters. The van der Waals surface area contributed by atoms with Gasteiger partial charge in [-0.1, -0.05) is 6.07 Å². The molecule has 0 saturated heterocycles. The van der Waals surface area contributed by atoms with Crippen molar-refractivity contribution >= 4 is 27.1 Å². The highest BCUT2D eigenvalue weighted by Gasteiger charge is 2.14. The number of sulfonamides is 1. The molecule has 24 heavy (non-hydrogen) atoms. The molecule has 2 N–H and O–H groups in total. The average molecular weight is 344 g/mol. The first kappa shape index (κ1) is 16.2. The number of rotatable bonds is 5. The van der Waals surface area contributed by atoms with Crippen LogP contribution in [0.3, 0.4) is 0 Å². The number of fused-ring (bicyclic) bond motifs is 1. The second-order valence-corrected chi connectivity index (χ2v) is 7.00. The Hall–Kier alpha value is -2.71. The van der Waals surface area contributed by atoms with Crippen LogP contribution in [0.25, 0.3) is 5.52 Å². The van der Waals surface area contributed by atoms with Crippen LogP contribution >= 0.6 is 0 Å². The Balaban J connectivity index is 1.72. The number of nitrogens with one attached hydrogen (secondary N) is 2. The standard InChI is InChI=1S/C16H16N4O3S/c1-12(21)18-13-5-7-16(8-6-13)24(22,23)17-11-14-10-15-4-2-3-9-20(15)19-14/h2-10,17H,11H2,1H3,(H,18,21). The number of carbonyl (C=O) groups excluding carboxylic acids is 1. The monoisotopic (exact) mass is 344 g/mol. The Morgan fingerprint density at radius 3 is 2.58 bits per heavy atom. The summed E-state index contributed by atoms with van der Waals surface area (Å²) in [6.45, 7) is 1.48. The first-order valence-corrected chi connectivity index (χ1v) is 8.73. The highest BCUT2D eigenvalue weighted by molar-refractivity contribution is 7.89. The molecule has 0 spiro atoms. The molecule has 124 valence electrons. The van der Waals surface area contributed by atoms with Crippen molar-refractivity contribution < 1.29 is 13.2 Å². The fourth-order valence-corrected chi connectivity index (χ4v) is 3.25. The van der Waals surface area contributed by atoms with Gasteiger partial charge in [0.15, 0.2) is 0 Å². The third-order valence-electron chi connectivity index (χ3n) is 3.35. The van der Waals surface area contributed by atoms with Crippen LogP contribution in [0.5, 0.6) is 0 Å². The van der Waals surface area contributed by atoms with Gasteiger partial charge in [0.1, 0.15) is 0 Å². The number of hydrogen-bond donors (Lipinski definition) is 2. The Morgan fingerprint density at radius 2 is 1.92 bits per heavy atom. The Bertz CT molecular complexity index is 945. The molecular weight excluding hydrogens is 328 g/mol. The summed E-state index contributed by atoms with van der Waals surface area (Å²) in [4.78, 5) is 11.1. The van der Waals surface area contributed by atoms with Crippen molar-refractivity contribution in [3.63, 3.8) is 0 Å². The third kappa shape index (κ3) is 3.61. The number of pyridine rings is 1. The highest BCUT2D eigenvalue weighted by atomic mass is 32.2. The van der Waals surface area contributed by atoms with Crippen LogP contribution in [0.15, 0.2) is 59.6 Å². The molecule has 8 heteroatoms. The van der Waals surface area contributed by atoms with E-state index in [1.807, 2.05) is 24.3 Å². The van der Waals surface area contributed by atoms with E-state index < -0.39 is 10.0 Å². The van der Waals surface area contributed by atoms with Gasteiger partial charge in [0.25, 0.3) is 0 Å². The van der Waals surface area contributed by atoms with E-state index in [1.54, 1.807) is 22.8 Å². The van der Waals surface area contributed by atoms with Crippen LogP contribution in [0, 0.1) is 0 Å². The smallest absolute Gasteiger partial charge is 0.240 e. The summed E-state index contributed by atoms with van der Waals surface area (Å²) >= 11 is 0. The minimum absolute atomic E-state index is 0.0947. The van der Waals surface area contributed by atoms with Gasteiger partial charge in [-0.25, -0.2) is 17.7 Å². The second kappa shape index (κ2) is 6.42. The van der Waals surface area contributed by atoms with Gasteiger partial charge in [-0.3, -0.25) is 4.79 Å². The van der Waals surface area contributed by atoms with Gasteiger partial charge in [0.05, 0.1) is 22.7 Å². The van der Waals surface area contributed by atoms with Gasteiger partial charge in [0, 0.05) is 18.8 Å². The largest absolute Gasteiger partial charge is 0.326 e. The van der Waals surface area contributed by atoms with Crippen LogP contribution in [0.2, 0.25) is 0 Å². The van der Waals surface area contributed by atoms with Crippen LogP contribution in [0.1, 0.15) is 12.6 Å². The topological polar surface area (TPSA) is 92.6 Å². The predicted octanol–water partition coefficient (Wildman–Crippen LogP) is 1.77. The number of hydrogen-bond acceptors (Lipinski definition) is 4. The zero-order valence-electron chi connectivity index (χ0n) is 12.9. The molecule has 3 aromatic rings. The summed E-state index contributed by atoms with van der Waals surface area (Å²) < 4.78 is 28.9. The number of benzene rings is 1. The number of nitrogens with zero attached hydrogens (tertiary/aromatic N) is 2. The predicted molar refractivity (Wildman–Crippen MR) is 90.0 cm³/mol. The first-order valence-electron chi connectivity index (χ1n) is 7.25. The van der Waals surface area contributed by atoms with Crippen LogP contribution in [0.4, 0.5) is 5.69 Å². The third-order valence-corrected chi connectivity index (χ3v) is 4.77. The van der Waals surface area contributed by atoms with Crippen molar-refractivity contribution in [1.29, 1.82) is 0 Å². The molecule has 0 aliphatic carbocycles. The molecule has 0 bridgehead atoms. The van der Waals surface area contributed by atoms with E-state index in [1.165, 1.54) is 19.1 Å². The summed E-state index contributed by atoms with van der Waals surface area (Å²) in [7, 11) is -3.65. The molecule has 0 aliphatic heterocycles. The molecule has 1 amide bonds. The van der Waals surface area contributed by atoms with Crippen molar-refractivity contribution in [2.45, 2.75) is 18.4 Å². The van der Waals surface area contributed by atoms with Gasteiger partial charge in [-0.15, -0.1) is 0 Å². The number of anilines is 1. The minimum Gasteiger partial charge on any atom is -0.326 e. The lowest BCUT2D eigenvalue weighted by molar-refractivity contribution is -0.114. The molecule has 0 radical (unpaired) electrons. The molecule has 2 aromatic heterocycles. The van der Waals surface area contributed by atoms with Crippen molar-refractivity contribution in [2.75, 3.05) is 5.32 Å². The van der Waals surface area contributed by atoms with Gasteiger partial charge in [-0.05, 0) is 42.5 Å². The maximum absolute atomic E-state index is 12.3. The van der Waals surface area contributed by atoms with Crippen molar-refractivity contribution in [3.8, 4) is 0 Å². The average Bonchev–Trinajstić information content (AvgIpc) is 2.96. The number of aromatic nitrogens is 2. The summed E-state index contributed by atoms with van der Waals surface area (Å²) in [6.07, 6.45) is 1.80. The summed E-state index contributed by atoms with van der Waals surface area (Å²) in [6, 6.07) is 13.4. The summed E-state index contributed by atoms with van der Waals surface area (Å²) in [5.74, 6) is -0.212. The maximum Gasteiger partial charge on any atom is 0.240 e. The van der Waals surface area contributed by atoms with Crippen LogP contribution in [-0.2, 0) is 21.4 Å². The van der Waals surface area contributed by atoms with E-state index >= 15 is 0 Å². The molecule has 2 heterocycles. The van der Waals surface area contributed by atoms with Gasteiger partial charge >= 0.3 is 0 Å². The molecule has 7 nitrogen and oxygen atoms in total. The Morgan fingerprint density at radius 1 is 1.17 bits per heavy atom. The molecule has 0 aliphatic rings. The van der Waals surface area contributed by atoms with E-state index in [-0.39, 0.29) is 17.3 Å². The number of carbonyl (C=O) groups is 1. The van der Waals surface area contributed by atoms with Crippen LogP contribution < -0.4 is 10.0 Å². The highest BCUT2D eigenvalue weighted by Crippen LogP contribution is 2.14. The summed E-state index contributed by atoms with van der Waals surface area (Å²) in [5.41, 5.74) is 2.06. The lowest BCUT2D eigenvalue weighted by Gasteiger charge is -2.07. The SMILES string of the molecule is CC(=O)Nc1ccc(S(=O)(=O)NCc2cc3ccccn3n2)cc1. The zero-order chi connectivity index (χ0) is 17.2. The normalized spacial score (nSPS) is 11.5. The fraction of sp³-hybridized carbons (Fsp3) is 0.125. The van der Waals surface area contributed by atoms with E-state index in [0.717, 1.165) is 5.52 Å². The molecule has 3 rings (SSSR count). The molecule has 0 fully saturated rings. The number of amides is 1. The van der Waals surface area contributed by atoms with Gasteiger partial charge < -0.3 is 5.32 Å². The lowest BCUT2D eigenvalue weighted by atomic mass is 10.3. The molecule has 1 aromatic carbocycles. The van der Waals surface area contributed by atoms with Gasteiger partial charge in [-0.2, -0.15) is 5.10 Å². The van der Waals surface area contributed by atoms with Gasteiger partial charge in [0.2, 0.25) is 15.9 Å². The molecule has 0 atom stereocenters.